The van der Waals surface area contributed by atoms with Crippen molar-refractivity contribution in [3.05, 3.63) is 48.0 Å². The van der Waals surface area contributed by atoms with Gasteiger partial charge in [0, 0.05) is 30.3 Å². The maximum atomic E-state index is 12.5. The molecule has 0 unspecified atom stereocenters. The van der Waals surface area contributed by atoms with Crippen molar-refractivity contribution in [3.63, 3.8) is 0 Å². The molecule has 2 aliphatic rings. The predicted molar refractivity (Wildman–Crippen MR) is 100.0 cm³/mol. The van der Waals surface area contributed by atoms with Crippen molar-refractivity contribution in [1.82, 2.24) is 0 Å². The molecule has 1 amide bonds. The van der Waals surface area contributed by atoms with Gasteiger partial charge in [0.05, 0.1) is 5.92 Å². The number of benzene rings is 2. The molecule has 0 spiro atoms. The first-order valence-electron chi connectivity index (χ1n) is 9.04. The molecular formula is C21H19NO6. The first-order chi connectivity index (χ1) is 13.5. The zero-order valence-electron chi connectivity index (χ0n) is 15.3. The Morgan fingerprint density at radius 3 is 2.46 bits per heavy atom. The van der Waals surface area contributed by atoms with Crippen LogP contribution in [0.4, 0.5) is 5.69 Å². The summed E-state index contributed by atoms with van der Waals surface area (Å²) >= 11 is 0. The van der Waals surface area contributed by atoms with E-state index in [2.05, 4.69) is 0 Å². The summed E-state index contributed by atoms with van der Waals surface area (Å²) in [5.41, 5.74) is 1.20. The number of ketones is 1. The third-order valence-corrected chi connectivity index (χ3v) is 4.78. The molecule has 0 radical (unpaired) electrons. The van der Waals surface area contributed by atoms with Crippen molar-refractivity contribution in [2.75, 3.05) is 24.7 Å². The van der Waals surface area contributed by atoms with Gasteiger partial charge in [-0.2, -0.15) is 0 Å². The van der Waals surface area contributed by atoms with Gasteiger partial charge in [-0.3, -0.25) is 14.4 Å². The number of amides is 1. The highest BCUT2D eigenvalue weighted by Crippen LogP contribution is 2.36. The van der Waals surface area contributed by atoms with Crippen molar-refractivity contribution >= 4 is 23.3 Å². The Hall–Kier alpha value is -3.35. The molecule has 0 bridgehead atoms. The van der Waals surface area contributed by atoms with E-state index in [-0.39, 0.29) is 24.7 Å². The van der Waals surface area contributed by atoms with E-state index in [1.807, 2.05) is 0 Å². The van der Waals surface area contributed by atoms with E-state index in [4.69, 9.17) is 14.2 Å². The van der Waals surface area contributed by atoms with E-state index in [1.165, 1.54) is 6.92 Å². The number of esters is 1. The molecule has 2 aromatic rings. The second-order valence-electron chi connectivity index (χ2n) is 6.74. The summed E-state index contributed by atoms with van der Waals surface area (Å²) in [6.45, 7) is 2.67. The quantitative estimate of drug-likeness (QED) is 0.460. The molecule has 2 aliphatic heterocycles. The van der Waals surface area contributed by atoms with Crippen LogP contribution in [-0.4, -0.2) is 37.4 Å². The molecule has 1 atom stereocenters. The molecule has 0 aromatic heterocycles. The van der Waals surface area contributed by atoms with E-state index in [1.54, 1.807) is 47.4 Å². The summed E-state index contributed by atoms with van der Waals surface area (Å²) in [5.74, 6) is 0.344. The molecule has 7 nitrogen and oxygen atoms in total. The molecule has 1 fully saturated rings. The van der Waals surface area contributed by atoms with Crippen LogP contribution in [0, 0.1) is 5.92 Å². The molecule has 144 valence electrons. The van der Waals surface area contributed by atoms with Gasteiger partial charge in [0.1, 0.15) is 19.0 Å². The van der Waals surface area contributed by atoms with E-state index < -0.39 is 11.9 Å². The fourth-order valence-electron chi connectivity index (χ4n) is 3.27. The van der Waals surface area contributed by atoms with Gasteiger partial charge >= 0.3 is 5.97 Å². The number of anilines is 1. The van der Waals surface area contributed by atoms with Crippen LogP contribution in [0.3, 0.4) is 0 Å². The number of fused-ring (bicyclic) bond motifs is 1. The van der Waals surface area contributed by atoms with Crippen LogP contribution < -0.4 is 19.1 Å². The molecule has 2 aromatic carbocycles. The molecule has 1 saturated heterocycles. The van der Waals surface area contributed by atoms with E-state index in [0.29, 0.717) is 41.7 Å². The molecule has 28 heavy (non-hydrogen) atoms. The molecule has 2 heterocycles. The largest absolute Gasteiger partial charge is 0.486 e. The summed E-state index contributed by atoms with van der Waals surface area (Å²) in [6.07, 6.45) is 0.0821. The van der Waals surface area contributed by atoms with E-state index in [0.717, 1.165) is 0 Å². The summed E-state index contributed by atoms with van der Waals surface area (Å²) < 4.78 is 16.4. The Balaban J connectivity index is 1.44. The van der Waals surface area contributed by atoms with Gasteiger partial charge in [-0.25, -0.2) is 0 Å². The number of carbonyl (C=O) groups is 3. The lowest BCUT2D eigenvalue weighted by molar-refractivity contribution is -0.139. The number of nitrogens with zero attached hydrogens (tertiary/aromatic N) is 1. The minimum absolute atomic E-state index is 0.0608. The first-order valence-corrected chi connectivity index (χ1v) is 9.04. The fraction of sp³-hybridized carbons (Fsp3) is 0.286. The number of ether oxygens (including phenoxy) is 3. The topological polar surface area (TPSA) is 82.1 Å². The van der Waals surface area contributed by atoms with Crippen molar-refractivity contribution in [3.8, 4) is 17.2 Å². The summed E-state index contributed by atoms with van der Waals surface area (Å²) in [4.78, 5) is 37.8. The van der Waals surface area contributed by atoms with Gasteiger partial charge in [0.25, 0.3) is 0 Å². The second-order valence-corrected chi connectivity index (χ2v) is 6.74. The van der Waals surface area contributed by atoms with E-state index >= 15 is 0 Å². The van der Waals surface area contributed by atoms with Gasteiger partial charge < -0.3 is 19.1 Å². The lowest BCUT2D eigenvalue weighted by atomic mass is 10.1. The summed E-state index contributed by atoms with van der Waals surface area (Å²) in [5, 5.41) is 0. The Bertz CT molecular complexity index is 936. The average Bonchev–Trinajstić information content (AvgIpc) is 3.10. The lowest BCUT2D eigenvalue weighted by Gasteiger charge is -2.22. The normalized spacial score (nSPS) is 18.1. The molecule has 4 rings (SSSR count). The van der Waals surface area contributed by atoms with Gasteiger partial charge in [0.15, 0.2) is 17.3 Å². The lowest BCUT2D eigenvalue weighted by Crippen LogP contribution is -2.27. The van der Waals surface area contributed by atoms with Crippen molar-refractivity contribution < 1.29 is 28.6 Å². The molecule has 0 saturated carbocycles. The van der Waals surface area contributed by atoms with Crippen LogP contribution in [0.2, 0.25) is 0 Å². The minimum atomic E-state index is -0.562. The molecular weight excluding hydrogens is 362 g/mol. The number of carbonyl (C=O) groups excluding carboxylic acids is 3. The SMILES string of the molecule is CC(=O)c1ccc(OC(=O)[C@@H]2CC(=O)N(c3ccc4c(c3)OCCO4)C2)cc1. The Morgan fingerprint density at radius 2 is 1.75 bits per heavy atom. The number of Topliss-reactive ketones (excluding diaryl/α,β-unsaturated/α-hetero) is 1. The highest BCUT2D eigenvalue weighted by Gasteiger charge is 2.36. The zero-order valence-corrected chi connectivity index (χ0v) is 15.3. The van der Waals surface area contributed by atoms with Crippen molar-refractivity contribution in [2.24, 2.45) is 5.92 Å². The van der Waals surface area contributed by atoms with Crippen molar-refractivity contribution in [1.29, 1.82) is 0 Å². The second kappa shape index (κ2) is 7.34. The average molecular weight is 381 g/mol. The highest BCUT2D eigenvalue weighted by atomic mass is 16.6. The standard InChI is InChI=1S/C21H19NO6/c1-13(23)14-2-5-17(6-3-14)28-21(25)15-10-20(24)22(12-15)16-4-7-18-19(11-16)27-9-8-26-18/h2-7,11,15H,8-10,12H2,1H3/t15-/m1/s1. The number of rotatable bonds is 4. The van der Waals surface area contributed by atoms with Crippen molar-refractivity contribution in [2.45, 2.75) is 13.3 Å². The van der Waals surface area contributed by atoms with Gasteiger partial charge in [0.2, 0.25) is 5.91 Å². The van der Waals surface area contributed by atoms with Crippen LogP contribution >= 0.6 is 0 Å². The third kappa shape index (κ3) is 3.55. The monoisotopic (exact) mass is 381 g/mol. The molecule has 7 heteroatoms. The maximum absolute atomic E-state index is 12.5. The first kappa shape index (κ1) is 18.0. The van der Waals surface area contributed by atoms with Crippen LogP contribution in [0.15, 0.2) is 42.5 Å². The fourth-order valence-corrected chi connectivity index (χ4v) is 3.27. The van der Waals surface area contributed by atoms with Crippen LogP contribution in [-0.2, 0) is 9.59 Å². The minimum Gasteiger partial charge on any atom is -0.486 e. The summed E-state index contributed by atoms with van der Waals surface area (Å²) in [6, 6.07) is 11.6. The van der Waals surface area contributed by atoms with Gasteiger partial charge in [-0.1, -0.05) is 0 Å². The third-order valence-electron chi connectivity index (χ3n) is 4.78. The van der Waals surface area contributed by atoms with Gasteiger partial charge in [-0.05, 0) is 43.3 Å². The van der Waals surface area contributed by atoms with Crippen LogP contribution in [0.25, 0.3) is 0 Å². The van der Waals surface area contributed by atoms with Crippen LogP contribution in [0.1, 0.15) is 23.7 Å². The predicted octanol–water partition coefficient (Wildman–Crippen LogP) is 2.62. The number of hydrogen-bond donors (Lipinski definition) is 0. The van der Waals surface area contributed by atoms with Crippen LogP contribution in [0.5, 0.6) is 17.2 Å². The zero-order chi connectivity index (χ0) is 19.7. The smallest absolute Gasteiger partial charge is 0.316 e. The Morgan fingerprint density at radius 1 is 1.04 bits per heavy atom. The Kier molecular flexibility index (Phi) is 4.73. The highest BCUT2D eigenvalue weighted by molar-refractivity contribution is 6.00. The number of hydrogen-bond acceptors (Lipinski definition) is 6. The van der Waals surface area contributed by atoms with E-state index in [9.17, 15) is 14.4 Å². The Labute approximate surface area is 161 Å². The molecule has 0 N–H and O–H groups in total. The molecule has 0 aliphatic carbocycles. The van der Waals surface area contributed by atoms with Gasteiger partial charge in [-0.15, -0.1) is 0 Å². The summed E-state index contributed by atoms with van der Waals surface area (Å²) in [7, 11) is 0. The maximum Gasteiger partial charge on any atom is 0.316 e.